The molecule has 0 radical (unpaired) electrons. The van der Waals surface area contributed by atoms with Crippen molar-refractivity contribution in [3.63, 3.8) is 0 Å². The van der Waals surface area contributed by atoms with Gasteiger partial charge in [-0.2, -0.15) is 0 Å². The summed E-state index contributed by atoms with van der Waals surface area (Å²) >= 11 is 0. The topological polar surface area (TPSA) is 25.8 Å². The fourth-order valence-corrected chi connectivity index (χ4v) is 7.52. The summed E-state index contributed by atoms with van der Waals surface area (Å²) in [6, 6.07) is 56.4. The standard InChI is InChI=1S/C45H32N2/c1-45(2)39-26-25-31-16-7-9-23-37(31)40(39)43-41(45)42(46-44(47-43)38-24-12-17-30-15-6-8-22-36(30)38)35-21-11-20-34(28-35)33-19-10-18-32(27-33)29-13-4-3-5-14-29/h3-28H,1-2H3. The maximum Gasteiger partial charge on any atom is 0.161 e. The quantitative estimate of drug-likeness (QED) is 0.201. The molecular weight excluding hydrogens is 569 g/mol. The Morgan fingerprint density at radius 2 is 0.957 bits per heavy atom. The van der Waals surface area contributed by atoms with Gasteiger partial charge in [-0.1, -0.05) is 159 Å². The molecule has 0 amide bonds. The maximum atomic E-state index is 5.48. The van der Waals surface area contributed by atoms with Crippen LogP contribution in [0.25, 0.3) is 77.7 Å². The molecule has 1 aliphatic rings. The zero-order chi connectivity index (χ0) is 31.5. The molecule has 7 aromatic carbocycles. The van der Waals surface area contributed by atoms with E-state index < -0.39 is 0 Å². The van der Waals surface area contributed by atoms with Gasteiger partial charge in [-0.15, -0.1) is 0 Å². The summed E-state index contributed by atoms with van der Waals surface area (Å²) in [5.41, 5.74) is 12.3. The molecule has 0 spiro atoms. The van der Waals surface area contributed by atoms with Crippen LogP contribution in [0.5, 0.6) is 0 Å². The van der Waals surface area contributed by atoms with Crippen LogP contribution in [0.1, 0.15) is 25.0 Å². The number of hydrogen-bond donors (Lipinski definition) is 0. The number of fused-ring (bicyclic) bond motifs is 6. The molecule has 2 nitrogen and oxygen atoms in total. The lowest BCUT2D eigenvalue weighted by atomic mass is 9.80. The van der Waals surface area contributed by atoms with Gasteiger partial charge in [0.05, 0.1) is 11.4 Å². The zero-order valence-corrected chi connectivity index (χ0v) is 26.4. The van der Waals surface area contributed by atoms with Gasteiger partial charge >= 0.3 is 0 Å². The molecule has 2 heteroatoms. The van der Waals surface area contributed by atoms with E-state index in [2.05, 4.69) is 172 Å². The number of aromatic nitrogens is 2. The van der Waals surface area contributed by atoms with Crippen LogP contribution >= 0.6 is 0 Å². The van der Waals surface area contributed by atoms with Crippen LogP contribution in [0, 0.1) is 0 Å². The van der Waals surface area contributed by atoms with Gasteiger partial charge in [-0.3, -0.25) is 0 Å². The predicted molar refractivity (Wildman–Crippen MR) is 196 cm³/mol. The summed E-state index contributed by atoms with van der Waals surface area (Å²) in [5, 5.41) is 4.80. The first-order valence-corrected chi connectivity index (χ1v) is 16.3. The molecular formula is C45H32N2. The van der Waals surface area contributed by atoms with Crippen LogP contribution in [0.4, 0.5) is 0 Å². The molecule has 0 atom stereocenters. The van der Waals surface area contributed by atoms with Gasteiger partial charge in [0, 0.05) is 27.7 Å². The molecule has 0 bridgehead atoms. The molecule has 47 heavy (non-hydrogen) atoms. The normalized spacial score (nSPS) is 13.1. The van der Waals surface area contributed by atoms with Crippen LogP contribution in [0.3, 0.4) is 0 Å². The van der Waals surface area contributed by atoms with Crippen molar-refractivity contribution in [2.24, 2.45) is 0 Å². The smallest absolute Gasteiger partial charge is 0.161 e. The minimum Gasteiger partial charge on any atom is -0.228 e. The van der Waals surface area contributed by atoms with Crippen molar-refractivity contribution in [3.05, 3.63) is 169 Å². The molecule has 0 fully saturated rings. The van der Waals surface area contributed by atoms with Crippen LogP contribution < -0.4 is 0 Å². The third kappa shape index (κ3) is 4.40. The molecule has 0 N–H and O–H groups in total. The molecule has 0 saturated heterocycles. The average molecular weight is 601 g/mol. The highest BCUT2D eigenvalue weighted by atomic mass is 14.9. The van der Waals surface area contributed by atoms with Crippen molar-refractivity contribution >= 4 is 21.5 Å². The molecule has 1 aromatic heterocycles. The minimum absolute atomic E-state index is 0.287. The summed E-state index contributed by atoms with van der Waals surface area (Å²) in [6.45, 7) is 4.65. The fourth-order valence-electron chi connectivity index (χ4n) is 7.52. The van der Waals surface area contributed by atoms with E-state index in [1.165, 1.54) is 49.5 Å². The highest BCUT2D eigenvalue weighted by Gasteiger charge is 2.41. The fraction of sp³-hybridized carbons (Fsp3) is 0.0667. The molecule has 1 aliphatic carbocycles. The second kappa shape index (κ2) is 10.6. The summed E-state index contributed by atoms with van der Waals surface area (Å²) in [7, 11) is 0. The van der Waals surface area contributed by atoms with E-state index in [4.69, 9.17) is 9.97 Å². The molecule has 0 unspecified atom stereocenters. The van der Waals surface area contributed by atoms with Gasteiger partial charge in [0.25, 0.3) is 0 Å². The maximum absolute atomic E-state index is 5.48. The Hall–Kier alpha value is -5.86. The molecule has 0 saturated carbocycles. The first-order chi connectivity index (χ1) is 23.1. The Morgan fingerprint density at radius 1 is 0.426 bits per heavy atom. The van der Waals surface area contributed by atoms with E-state index in [9.17, 15) is 0 Å². The Balaban J connectivity index is 1.31. The van der Waals surface area contributed by atoms with Crippen molar-refractivity contribution in [1.82, 2.24) is 9.97 Å². The largest absolute Gasteiger partial charge is 0.228 e. The first-order valence-electron chi connectivity index (χ1n) is 16.3. The monoisotopic (exact) mass is 600 g/mol. The van der Waals surface area contributed by atoms with E-state index in [0.717, 1.165) is 39.3 Å². The summed E-state index contributed by atoms with van der Waals surface area (Å²) in [4.78, 5) is 10.9. The Labute approximate surface area is 275 Å². The van der Waals surface area contributed by atoms with Gasteiger partial charge in [0.15, 0.2) is 5.82 Å². The second-order valence-electron chi connectivity index (χ2n) is 13.0. The number of hydrogen-bond acceptors (Lipinski definition) is 2. The number of nitrogens with zero attached hydrogens (tertiary/aromatic N) is 2. The lowest BCUT2D eigenvalue weighted by Crippen LogP contribution is -2.17. The molecule has 9 rings (SSSR count). The lowest BCUT2D eigenvalue weighted by Gasteiger charge is -2.24. The van der Waals surface area contributed by atoms with Crippen molar-refractivity contribution in [3.8, 4) is 56.2 Å². The molecule has 0 aliphatic heterocycles. The Bertz CT molecular complexity index is 2490. The van der Waals surface area contributed by atoms with E-state index in [1.54, 1.807) is 0 Å². The lowest BCUT2D eigenvalue weighted by molar-refractivity contribution is 0.658. The zero-order valence-electron chi connectivity index (χ0n) is 26.4. The predicted octanol–water partition coefficient (Wildman–Crippen LogP) is 11.8. The Morgan fingerprint density at radius 3 is 1.72 bits per heavy atom. The summed E-state index contributed by atoms with van der Waals surface area (Å²) < 4.78 is 0. The van der Waals surface area contributed by atoms with Gasteiger partial charge in [-0.25, -0.2) is 9.97 Å². The van der Waals surface area contributed by atoms with Crippen molar-refractivity contribution in [2.75, 3.05) is 0 Å². The van der Waals surface area contributed by atoms with Gasteiger partial charge in [-0.05, 0) is 61.5 Å². The van der Waals surface area contributed by atoms with Crippen LogP contribution in [0.2, 0.25) is 0 Å². The molecule has 222 valence electrons. The van der Waals surface area contributed by atoms with Crippen molar-refractivity contribution in [1.29, 1.82) is 0 Å². The van der Waals surface area contributed by atoms with Crippen LogP contribution in [-0.4, -0.2) is 9.97 Å². The average Bonchev–Trinajstić information content (AvgIpc) is 3.37. The molecule has 1 heterocycles. The highest BCUT2D eigenvalue weighted by molar-refractivity contribution is 6.04. The third-order valence-corrected chi connectivity index (χ3v) is 9.84. The van der Waals surface area contributed by atoms with Gasteiger partial charge < -0.3 is 0 Å². The van der Waals surface area contributed by atoms with Gasteiger partial charge in [0.2, 0.25) is 0 Å². The molecule has 8 aromatic rings. The van der Waals surface area contributed by atoms with Crippen molar-refractivity contribution in [2.45, 2.75) is 19.3 Å². The minimum atomic E-state index is -0.287. The van der Waals surface area contributed by atoms with Gasteiger partial charge in [0.1, 0.15) is 0 Å². The SMILES string of the molecule is CC1(C)c2ccc3ccccc3c2-c2nc(-c3cccc4ccccc34)nc(-c3cccc(-c4cccc(-c5ccccc5)c4)c3)c21. The number of benzene rings is 7. The highest BCUT2D eigenvalue weighted by Crippen LogP contribution is 2.53. The first kappa shape index (κ1) is 27.5. The Kier molecular flexibility index (Phi) is 6.20. The summed E-state index contributed by atoms with van der Waals surface area (Å²) in [5.74, 6) is 0.753. The van der Waals surface area contributed by atoms with Crippen LogP contribution in [0.15, 0.2) is 158 Å². The second-order valence-corrected chi connectivity index (χ2v) is 13.0. The van der Waals surface area contributed by atoms with Crippen molar-refractivity contribution < 1.29 is 0 Å². The van der Waals surface area contributed by atoms with Crippen LogP contribution in [-0.2, 0) is 5.41 Å². The van der Waals surface area contributed by atoms with E-state index in [-0.39, 0.29) is 5.41 Å². The third-order valence-electron chi connectivity index (χ3n) is 9.84. The van der Waals surface area contributed by atoms with E-state index in [0.29, 0.717) is 0 Å². The summed E-state index contributed by atoms with van der Waals surface area (Å²) in [6.07, 6.45) is 0. The number of rotatable bonds is 4. The van der Waals surface area contributed by atoms with E-state index in [1.807, 2.05) is 0 Å². The van der Waals surface area contributed by atoms with E-state index >= 15 is 0 Å².